The van der Waals surface area contributed by atoms with Crippen molar-refractivity contribution < 1.29 is 19.1 Å². The summed E-state index contributed by atoms with van der Waals surface area (Å²) in [5.74, 6) is 1.58. The Morgan fingerprint density at radius 1 is 1.00 bits per heavy atom. The van der Waals surface area contributed by atoms with E-state index in [-0.39, 0.29) is 12.0 Å². The average molecular weight is 425 g/mol. The fourth-order valence-electron chi connectivity index (χ4n) is 3.64. The Morgan fingerprint density at radius 3 is 2.26 bits per heavy atom. The Balaban J connectivity index is 1.57. The number of likely N-dealkylation sites (tertiary alicyclic amines) is 1. The van der Waals surface area contributed by atoms with Crippen LogP contribution in [0.25, 0.3) is 0 Å². The summed E-state index contributed by atoms with van der Waals surface area (Å²) in [7, 11) is 1.77. The number of piperidine rings is 1. The number of nitrogens with zero attached hydrogens (tertiary/aromatic N) is 2. The highest BCUT2D eigenvalue weighted by Gasteiger charge is 2.28. The molecule has 0 atom stereocenters. The lowest BCUT2D eigenvalue weighted by molar-refractivity contribution is 0.0246. The van der Waals surface area contributed by atoms with Crippen molar-refractivity contribution in [1.29, 1.82) is 0 Å². The molecule has 0 unspecified atom stereocenters. The highest BCUT2D eigenvalue weighted by Crippen LogP contribution is 2.28. The summed E-state index contributed by atoms with van der Waals surface area (Å²) in [6.07, 6.45) is 1.39. The molecule has 2 aromatic rings. The summed E-state index contributed by atoms with van der Waals surface area (Å²) in [5, 5.41) is 0. The number of para-hydroxylation sites is 2. The van der Waals surface area contributed by atoms with Gasteiger partial charge in [-0.1, -0.05) is 30.3 Å². The van der Waals surface area contributed by atoms with E-state index in [9.17, 15) is 9.59 Å². The number of ether oxygens (including phenoxy) is 2. The van der Waals surface area contributed by atoms with Crippen LogP contribution in [0.2, 0.25) is 0 Å². The van der Waals surface area contributed by atoms with Gasteiger partial charge < -0.3 is 19.3 Å². The van der Waals surface area contributed by atoms with Crippen molar-refractivity contribution in [3.05, 3.63) is 60.2 Å². The van der Waals surface area contributed by atoms with E-state index in [1.807, 2.05) is 80.3 Å². The molecule has 3 rings (SSSR count). The lowest BCUT2D eigenvalue weighted by Crippen LogP contribution is -2.43. The van der Waals surface area contributed by atoms with Gasteiger partial charge in [-0.2, -0.15) is 0 Å². The Bertz CT molecular complexity index is 884. The fraction of sp³-hybridized carbons (Fsp3) is 0.440. The zero-order valence-corrected chi connectivity index (χ0v) is 18.8. The maximum Gasteiger partial charge on any atom is 0.410 e. The number of carbonyl (C=O) groups is 2. The van der Waals surface area contributed by atoms with Gasteiger partial charge >= 0.3 is 6.09 Å². The molecule has 2 aromatic carbocycles. The first-order valence-electron chi connectivity index (χ1n) is 10.8. The van der Waals surface area contributed by atoms with Gasteiger partial charge in [0.15, 0.2) is 0 Å². The Morgan fingerprint density at radius 2 is 1.61 bits per heavy atom. The first kappa shape index (κ1) is 22.7. The average Bonchev–Trinajstić information content (AvgIpc) is 2.74. The number of hydrogen-bond donors (Lipinski definition) is 0. The van der Waals surface area contributed by atoms with Crippen molar-refractivity contribution in [2.45, 2.75) is 39.2 Å². The molecule has 31 heavy (non-hydrogen) atoms. The molecule has 0 saturated carbocycles. The van der Waals surface area contributed by atoms with Crippen molar-refractivity contribution in [2.24, 2.45) is 5.92 Å². The smallest absolute Gasteiger partial charge is 0.410 e. The summed E-state index contributed by atoms with van der Waals surface area (Å²) in [4.78, 5) is 28.9. The molecule has 1 fully saturated rings. The second kappa shape index (κ2) is 9.86. The van der Waals surface area contributed by atoms with Crippen LogP contribution < -0.4 is 4.74 Å². The molecule has 2 amide bonds. The van der Waals surface area contributed by atoms with Crippen LogP contribution in [0.15, 0.2) is 54.6 Å². The molecule has 1 heterocycles. The first-order chi connectivity index (χ1) is 14.7. The fourth-order valence-corrected chi connectivity index (χ4v) is 3.64. The van der Waals surface area contributed by atoms with Gasteiger partial charge in [-0.15, -0.1) is 0 Å². The van der Waals surface area contributed by atoms with Gasteiger partial charge in [0.1, 0.15) is 17.1 Å². The van der Waals surface area contributed by atoms with Crippen LogP contribution in [0, 0.1) is 5.92 Å². The predicted molar refractivity (Wildman–Crippen MR) is 120 cm³/mol. The first-order valence-corrected chi connectivity index (χ1v) is 10.8. The molecule has 6 heteroatoms. The van der Waals surface area contributed by atoms with Crippen LogP contribution >= 0.6 is 0 Å². The number of hydrogen-bond acceptors (Lipinski definition) is 4. The van der Waals surface area contributed by atoms with Gasteiger partial charge in [0.05, 0.1) is 5.56 Å². The molecule has 6 nitrogen and oxygen atoms in total. The largest absolute Gasteiger partial charge is 0.457 e. The molecule has 0 aliphatic carbocycles. The van der Waals surface area contributed by atoms with Crippen molar-refractivity contribution in [2.75, 3.05) is 26.7 Å². The lowest BCUT2D eigenvalue weighted by atomic mass is 9.96. The third kappa shape index (κ3) is 6.48. The molecule has 0 N–H and O–H groups in total. The lowest BCUT2D eigenvalue weighted by Gasteiger charge is -2.34. The van der Waals surface area contributed by atoms with E-state index in [1.165, 1.54) is 0 Å². The van der Waals surface area contributed by atoms with Gasteiger partial charge in [-0.25, -0.2) is 4.79 Å². The zero-order chi connectivity index (χ0) is 22.4. The summed E-state index contributed by atoms with van der Waals surface area (Å²) in [6, 6.07) is 16.8. The van der Waals surface area contributed by atoms with Gasteiger partial charge in [-0.3, -0.25) is 4.79 Å². The van der Waals surface area contributed by atoms with Gasteiger partial charge in [0.25, 0.3) is 5.91 Å². The van der Waals surface area contributed by atoms with Crippen LogP contribution in [0.3, 0.4) is 0 Å². The SMILES string of the molecule is CN(CC1CCN(C(=O)c2ccccc2Oc2ccccc2)CC1)C(=O)OC(C)(C)C. The third-order valence-corrected chi connectivity index (χ3v) is 5.23. The second-order valence-electron chi connectivity index (χ2n) is 9.01. The molecule has 0 radical (unpaired) electrons. The van der Waals surface area contributed by atoms with Gasteiger partial charge in [-0.05, 0) is 63.8 Å². The predicted octanol–water partition coefficient (Wildman–Crippen LogP) is 5.20. The maximum absolute atomic E-state index is 13.2. The van der Waals surface area contributed by atoms with E-state index in [2.05, 4.69) is 0 Å². The van der Waals surface area contributed by atoms with E-state index in [0.717, 1.165) is 12.8 Å². The van der Waals surface area contributed by atoms with Crippen LogP contribution in [0.4, 0.5) is 4.79 Å². The number of amides is 2. The quantitative estimate of drug-likeness (QED) is 0.662. The van der Waals surface area contributed by atoms with Crippen LogP contribution in [-0.2, 0) is 4.74 Å². The van der Waals surface area contributed by atoms with E-state index >= 15 is 0 Å². The molecule has 0 bridgehead atoms. The summed E-state index contributed by atoms with van der Waals surface area (Å²) in [5.41, 5.74) is 0.0618. The van der Waals surface area contributed by atoms with Gasteiger partial charge in [0, 0.05) is 26.7 Å². The summed E-state index contributed by atoms with van der Waals surface area (Å²) < 4.78 is 11.4. The molecular formula is C25H32N2O4. The maximum atomic E-state index is 13.2. The Labute approximate surface area is 184 Å². The molecular weight excluding hydrogens is 392 g/mol. The van der Waals surface area contributed by atoms with Gasteiger partial charge in [0.2, 0.25) is 0 Å². The topological polar surface area (TPSA) is 59.1 Å². The van der Waals surface area contributed by atoms with E-state index in [0.29, 0.717) is 42.6 Å². The van der Waals surface area contributed by atoms with E-state index in [1.54, 1.807) is 11.9 Å². The standard InChI is InChI=1S/C25H32N2O4/c1-25(2,3)31-24(29)26(4)18-19-14-16-27(17-15-19)23(28)21-12-8-9-13-22(21)30-20-10-6-5-7-11-20/h5-13,19H,14-18H2,1-4H3. The van der Waals surface area contributed by atoms with Crippen LogP contribution in [-0.4, -0.2) is 54.1 Å². The van der Waals surface area contributed by atoms with Crippen LogP contribution in [0.1, 0.15) is 44.0 Å². The summed E-state index contributed by atoms with van der Waals surface area (Å²) in [6.45, 7) is 7.54. The van der Waals surface area contributed by atoms with E-state index < -0.39 is 5.60 Å². The molecule has 1 saturated heterocycles. The van der Waals surface area contributed by atoms with Crippen molar-refractivity contribution in [3.63, 3.8) is 0 Å². The summed E-state index contributed by atoms with van der Waals surface area (Å²) >= 11 is 0. The number of benzene rings is 2. The zero-order valence-electron chi connectivity index (χ0n) is 18.8. The second-order valence-corrected chi connectivity index (χ2v) is 9.01. The molecule has 1 aliphatic heterocycles. The molecule has 166 valence electrons. The highest BCUT2D eigenvalue weighted by atomic mass is 16.6. The third-order valence-electron chi connectivity index (χ3n) is 5.23. The highest BCUT2D eigenvalue weighted by molar-refractivity contribution is 5.97. The minimum absolute atomic E-state index is 0.0227. The Hall–Kier alpha value is -3.02. The molecule has 1 aliphatic rings. The molecule has 0 spiro atoms. The van der Waals surface area contributed by atoms with Crippen molar-refractivity contribution in [1.82, 2.24) is 9.80 Å². The minimum Gasteiger partial charge on any atom is -0.457 e. The molecule has 0 aromatic heterocycles. The van der Waals surface area contributed by atoms with Crippen molar-refractivity contribution >= 4 is 12.0 Å². The van der Waals surface area contributed by atoms with Crippen molar-refractivity contribution in [3.8, 4) is 11.5 Å². The van der Waals surface area contributed by atoms with Crippen LogP contribution in [0.5, 0.6) is 11.5 Å². The monoisotopic (exact) mass is 424 g/mol. The minimum atomic E-state index is -0.504. The normalized spacial score (nSPS) is 14.8. The number of rotatable bonds is 5. The Kier molecular flexibility index (Phi) is 7.21. The van der Waals surface area contributed by atoms with E-state index in [4.69, 9.17) is 9.47 Å². The number of carbonyl (C=O) groups excluding carboxylic acids is 2.